The molecule has 21 heavy (non-hydrogen) atoms. The maximum Gasteiger partial charge on any atom is 0.109 e. The number of fused-ring (bicyclic) bond motifs is 1. The highest BCUT2D eigenvalue weighted by Gasteiger charge is 2.17. The molecule has 1 atom stereocenters. The van der Waals surface area contributed by atoms with Crippen LogP contribution in [0.2, 0.25) is 0 Å². The Bertz CT molecular complexity index is 574. The Balaban J connectivity index is 2.05. The lowest BCUT2D eigenvalue weighted by Gasteiger charge is -2.20. The van der Waals surface area contributed by atoms with Crippen LogP contribution < -0.4 is 5.73 Å². The van der Waals surface area contributed by atoms with Gasteiger partial charge in [0.1, 0.15) is 5.82 Å². The fourth-order valence-electron chi connectivity index (χ4n) is 2.67. The van der Waals surface area contributed by atoms with Crippen LogP contribution in [0.3, 0.4) is 0 Å². The Morgan fingerprint density at radius 2 is 2.05 bits per heavy atom. The van der Waals surface area contributed by atoms with Crippen molar-refractivity contribution >= 4 is 11.0 Å². The number of aliphatic hydroxyl groups is 1. The van der Waals surface area contributed by atoms with Crippen molar-refractivity contribution in [3.05, 3.63) is 30.1 Å². The number of hydrogen-bond donors (Lipinski definition) is 2. The average Bonchev–Trinajstić information content (AvgIpc) is 2.82. The number of benzene rings is 1. The minimum absolute atomic E-state index is 0.322. The van der Waals surface area contributed by atoms with Crippen molar-refractivity contribution in [1.29, 1.82) is 0 Å². The normalized spacial score (nSPS) is 14.5. The number of hydrogen-bond acceptors (Lipinski definition) is 3. The number of aromatic nitrogens is 2. The summed E-state index contributed by atoms with van der Waals surface area (Å²) >= 11 is 0. The van der Waals surface area contributed by atoms with Crippen molar-refractivity contribution < 1.29 is 5.11 Å². The zero-order valence-electron chi connectivity index (χ0n) is 13.2. The van der Waals surface area contributed by atoms with E-state index in [1.165, 1.54) is 11.3 Å². The van der Waals surface area contributed by atoms with E-state index in [0.717, 1.165) is 44.2 Å². The molecule has 2 aromatic rings. The number of imidazole rings is 1. The van der Waals surface area contributed by atoms with Crippen LogP contribution in [-0.4, -0.2) is 26.8 Å². The highest BCUT2D eigenvalue weighted by molar-refractivity contribution is 5.75. The quantitative estimate of drug-likeness (QED) is 0.734. The first-order valence-corrected chi connectivity index (χ1v) is 7.94. The number of unbranched alkanes of at least 4 members (excludes halogenated alkanes) is 1. The molecule has 1 aromatic carbocycles. The molecule has 0 spiro atoms. The molecule has 1 aromatic heterocycles. The van der Waals surface area contributed by atoms with Gasteiger partial charge >= 0.3 is 0 Å². The lowest BCUT2D eigenvalue weighted by molar-refractivity contribution is 0.0570. The Morgan fingerprint density at radius 1 is 1.29 bits per heavy atom. The van der Waals surface area contributed by atoms with Crippen molar-refractivity contribution in [2.45, 2.75) is 58.1 Å². The van der Waals surface area contributed by atoms with Gasteiger partial charge in [-0.2, -0.15) is 0 Å². The first kappa shape index (κ1) is 16.0. The molecule has 0 amide bonds. The van der Waals surface area contributed by atoms with Gasteiger partial charge in [-0.15, -0.1) is 0 Å². The Hall–Kier alpha value is -1.39. The summed E-state index contributed by atoms with van der Waals surface area (Å²) in [5, 5.41) is 9.95. The largest absolute Gasteiger partial charge is 0.389 e. The Morgan fingerprint density at radius 3 is 2.76 bits per heavy atom. The lowest BCUT2D eigenvalue weighted by atomic mass is 9.99. The number of nitrogens with two attached hydrogens (primary N) is 1. The van der Waals surface area contributed by atoms with Crippen LogP contribution in [0.4, 0.5) is 0 Å². The van der Waals surface area contributed by atoms with Crippen molar-refractivity contribution in [2.24, 2.45) is 5.73 Å². The first-order chi connectivity index (χ1) is 10.1. The van der Waals surface area contributed by atoms with Gasteiger partial charge < -0.3 is 15.4 Å². The van der Waals surface area contributed by atoms with Crippen LogP contribution in [0.5, 0.6) is 0 Å². The average molecular weight is 289 g/mol. The molecule has 0 aliphatic rings. The molecule has 116 valence electrons. The minimum Gasteiger partial charge on any atom is -0.389 e. The summed E-state index contributed by atoms with van der Waals surface area (Å²) in [5.74, 6) is 1.17. The maximum absolute atomic E-state index is 9.95. The summed E-state index contributed by atoms with van der Waals surface area (Å²) in [6.07, 6.45) is 4.87. The van der Waals surface area contributed by atoms with Crippen LogP contribution in [0.25, 0.3) is 11.0 Å². The van der Waals surface area contributed by atoms with E-state index < -0.39 is 5.60 Å². The van der Waals surface area contributed by atoms with E-state index in [1.807, 2.05) is 13.0 Å². The van der Waals surface area contributed by atoms with Gasteiger partial charge in [0.2, 0.25) is 0 Å². The van der Waals surface area contributed by atoms with Gasteiger partial charge in [-0.1, -0.05) is 19.1 Å². The van der Waals surface area contributed by atoms with Gasteiger partial charge in [-0.05, 0) is 44.7 Å². The molecule has 0 aliphatic carbocycles. The van der Waals surface area contributed by atoms with Gasteiger partial charge in [0.25, 0.3) is 0 Å². The fourth-order valence-corrected chi connectivity index (χ4v) is 2.67. The minimum atomic E-state index is -0.733. The summed E-state index contributed by atoms with van der Waals surface area (Å²) < 4.78 is 2.33. The SMILES string of the molecule is CCCc1nc2ccccc2n1CCCCC(C)(O)CN. The molecular weight excluding hydrogens is 262 g/mol. The molecule has 0 fully saturated rings. The van der Waals surface area contributed by atoms with Crippen LogP contribution in [0.1, 0.15) is 45.4 Å². The molecular formula is C17H27N3O. The third-order valence-electron chi connectivity index (χ3n) is 3.99. The maximum atomic E-state index is 9.95. The smallest absolute Gasteiger partial charge is 0.109 e. The van der Waals surface area contributed by atoms with Gasteiger partial charge in [0.05, 0.1) is 16.6 Å². The zero-order valence-corrected chi connectivity index (χ0v) is 13.2. The van der Waals surface area contributed by atoms with Gasteiger partial charge in [0.15, 0.2) is 0 Å². The number of para-hydroxylation sites is 2. The van der Waals surface area contributed by atoms with E-state index in [9.17, 15) is 5.11 Å². The molecule has 4 heteroatoms. The molecule has 0 saturated carbocycles. The molecule has 0 aliphatic heterocycles. The first-order valence-electron chi connectivity index (χ1n) is 7.94. The summed E-state index contributed by atoms with van der Waals surface area (Å²) in [5.41, 5.74) is 7.12. The predicted octanol–water partition coefficient (Wildman–Crippen LogP) is 2.87. The highest BCUT2D eigenvalue weighted by Crippen LogP contribution is 2.19. The Kier molecular flexibility index (Phi) is 5.37. The second-order valence-electron chi connectivity index (χ2n) is 6.08. The molecule has 1 heterocycles. The topological polar surface area (TPSA) is 64.1 Å². The molecule has 3 N–H and O–H groups in total. The van der Waals surface area contributed by atoms with Gasteiger partial charge in [0, 0.05) is 19.5 Å². The van der Waals surface area contributed by atoms with Crippen LogP contribution in [-0.2, 0) is 13.0 Å². The second-order valence-corrected chi connectivity index (χ2v) is 6.08. The van der Waals surface area contributed by atoms with E-state index in [4.69, 9.17) is 10.7 Å². The summed E-state index contributed by atoms with van der Waals surface area (Å²) in [6, 6.07) is 8.31. The molecule has 2 rings (SSSR count). The van der Waals surface area contributed by atoms with Crippen molar-refractivity contribution in [3.8, 4) is 0 Å². The molecule has 0 bridgehead atoms. The molecule has 0 radical (unpaired) electrons. The van der Waals surface area contributed by atoms with Crippen LogP contribution >= 0.6 is 0 Å². The predicted molar refractivity (Wildman–Crippen MR) is 87.3 cm³/mol. The standard InChI is InChI=1S/C17H27N3O/c1-3-8-16-19-14-9-4-5-10-15(14)20(16)12-7-6-11-17(2,21)13-18/h4-5,9-10,21H,3,6-8,11-13,18H2,1-2H3. The third-order valence-corrected chi connectivity index (χ3v) is 3.99. The van der Waals surface area contributed by atoms with Crippen molar-refractivity contribution in [1.82, 2.24) is 9.55 Å². The lowest BCUT2D eigenvalue weighted by Crippen LogP contribution is -2.33. The summed E-state index contributed by atoms with van der Waals surface area (Å²) in [6.45, 7) is 5.27. The number of nitrogens with zero attached hydrogens (tertiary/aromatic N) is 2. The van der Waals surface area contributed by atoms with Gasteiger partial charge in [-0.25, -0.2) is 4.98 Å². The van der Waals surface area contributed by atoms with Crippen LogP contribution in [0, 0.1) is 0 Å². The van der Waals surface area contributed by atoms with Crippen molar-refractivity contribution in [3.63, 3.8) is 0 Å². The van der Waals surface area contributed by atoms with Gasteiger partial charge in [-0.3, -0.25) is 0 Å². The number of aryl methyl sites for hydroxylation is 2. The second kappa shape index (κ2) is 7.05. The van der Waals surface area contributed by atoms with E-state index in [1.54, 1.807) is 0 Å². The van der Waals surface area contributed by atoms with Crippen LogP contribution in [0.15, 0.2) is 24.3 Å². The molecule has 4 nitrogen and oxygen atoms in total. The van der Waals surface area contributed by atoms with E-state index in [2.05, 4.69) is 29.7 Å². The molecule has 1 unspecified atom stereocenters. The molecule has 0 saturated heterocycles. The highest BCUT2D eigenvalue weighted by atomic mass is 16.3. The van der Waals surface area contributed by atoms with E-state index in [0.29, 0.717) is 6.54 Å². The fraction of sp³-hybridized carbons (Fsp3) is 0.588. The van der Waals surface area contributed by atoms with E-state index in [-0.39, 0.29) is 0 Å². The van der Waals surface area contributed by atoms with E-state index >= 15 is 0 Å². The summed E-state index contributed by atoms with van der Waals surface area (Å²) in [7, 11) is 0. The monoisotopic (exact) mass is 289 g/mol. The Labute approximate surface area is 127 Å². The number of rotatable bonds is 8. The zero-order chi connectivity index (χ0) is 15.3. The summed E-state index contributed by atoms with van der Waals surface area (Å²) in [4.78, 5) is 4.74. The van der Waals surface area contributed by atoms with Crippen molar-refractivity contribution in [2.75, 3.05) is 6.54 Å². The third kappa shape index (κ3) is 4.05.